The van der Waals surface area contributed by atoms with Crippen molar-refractivity contribution in [2.24, 2.45) is 0 Å². The van der Waals surface area contributed by atoms with E-state index < -0.39 is 0 Å². The number of aromatic nitrogens is 2. The Bertz CT molecular complexity index is 625. The number of carbonyl (C=O) groups is 1. The number of halogens is 4. The van der Waals surface area contributed by atoms with Crippen LogP contribution in [0.25, 0.3) is 0 Å². The van der Waals surface area contributed by atoms with Crippen molar-refractivity contribution in [3.05, 3.63) is 50.4 Å². The third-order valence-electron chi connectivity index (χ3n) is 2.03. The third kappa shape index (κ3) is 6.03. The maximum atomic E-state index is 9.89. The molecule has 0 saturated carbocycles. The monoisotopic (exact) mass is 368 g/mol. The molecule has 2 heterocycles. The van der Waals surface area contributed by atoms with E-state index in [1.807, 2.05) is 0 Å². The number of ether oxygens (including phenoxy) is 1. The Hall–Kier alpha value is -1.11. The Morgan fingerprint density at radius 3 is 2.14 bits per heavy atom. The zero-order chi connectivity index (χ0) is 15.8. The van der Waals surface area contributed by atoms with Gasteiger partial charge in [0.2, 0.25) is 0 Å². The van der Waals surface area contributed by atoms with Crippen molar-refractivity contribution < 1.29 is 14.6 Å². The molecule has 0 aromatic carbocycles. The van der Waals surface area contributed by atoms with Crippen molar-refractivity contribution in [3.63, 3.8) is 0 Å². The summed E-state index contributed by atoms with van der Waals surface area (Å²) in [5.74, 6) is 0.210. The predicted molar refractivity (Wildman–Crippen MR) is 81.1 cm³/mol. The average molecular weight is 370 g/mol. The van der Waals surface area contributed by atoms with Gasteiger partial charge < -0.3 is 9.84 Å². The van der Waals surface area contributed by atoms with Crippen LogP contribution in [0.15, 0.2) is 24.5 Å². The van der Waals surface area contributed by atoms with Gasteiger partial charge in [-0.1, -0.05) is 46.4 Å². The Kier molecular flexibility index (Phi) is 7.71. The fraction of sp³-hybridized carbons (Fsp3) is 0.0833. The minimum atomic E-state index is -0.110. The minimum Gasteiger partial charge on any atom is -0.427 e. The molecule has 0 bridgehead atoms. The predicted octanol–water partition coefficient (Wildman–Crippen LogP) is 3.80. The van der Waals surface area contributed by atoms with Gasteiger partial charge in [-0.2, -0.15) is 0 Å². The molecular weight excluding hydrogens is 362 g/mol. The summed E-state index contributed by atoms with van der Waals surface area (Å²) < 4.78 is 4.48. The molecule has 0 amide bonds. The lowest BCUT2D eigenvalue weighted by molar-refractivity contribution is -0.120. The minimum absolute atomic E-state index is 0.110. The number of aliphatic hydroxyl groups is 1. The molecule has 0 unspecified atom stereocenters. The second kappa shape index (κ2) is 9.02. The summed E-state index contributed by atoms with van der Waals surface area (Å²) in [5, 5.41) is 9.93. The Labute approximate surface area is 140 Å². The molecule has 2 aromatic rings. The SMILES string of the molecule is O=COc1cc(Cl)ncc1Cl.OCc1cc(Cl)ncc1Cl. The summed E-state index contributed by atoms with van der Waals surface area (Å²) in [6, 6.07) is 2.89. The normalized spacial score (nSPS) is 9.57. The Morgan fingerprint density at radius 2 is 1.62 bits per heavy atom. The number of hydrogen-bond donors (Lipinski definition) is 1. The first-order valence-electron chi connectivity index (χ1n) is 5.30. The van der Waals surface area contributed by atoms with Crippen LogP contribution >= 0.6 is 46.4 Å². The Morgan fingerprint density at radius 1 is 1.05 bits per heavy atom. The molecule has 0 atom stereocenters. The maximum absolute atomic E-state index is 9.89. The largest absolute Gasteiger partial charge is 0.427 e. The van der Waals surface area contributed by atoms with E-state index in [0.29, 0.717) is 15.7 Å². The highest BCUT2D eigenvalue weighted by atomic mass is 35.5. The molecule has 1 N–H and O–H groups in total. The second-order valence-corrected chi connectivity index (χ2v) is 5.00. The van der Waals surface area contributed by atoms with Crippen LogP contribution < -0.4 is 4.74 Å². The molecule has 112 valence electrons. The molecule has 0 saturated heterocycles. The van der Waals surface area contributed by atoms with Crippen molar-refractivity contribution in [3.8, 4) is 5.75 Å². The van der Waals surface area contributed by atoms with E-state index >= 15 is 0 Å². The van der Waals surface area contributed by atoms with Gasteiger partial charge in [-0.3, -0.25) is 4.79 Å². The van der Waals surface area contributed by atoms with Crippen LogP contribution in [0.1, 0.15) is 5.56 Å². The first-order valence-corrected chi connectivity index (χ1v) is 6.81. The summed E-state index contributed by atoms with van der Waals surface area (Å²) in [4.78, 5) is 17.3. The number of rotatable bonds is 3. The fourth-order valence-corrected chi connectivity index (χ4v) is 1.75. The highest BCUT2D eigenvalue weighted by Gasteiger charge is 2.02. The van der Waals surface area contributed by atoms with E-state index in [4.69, 9.17) is 51.5 Å². The topological polar surface area (TPSA) is 72.3 Å². The van der Waals surface area contributed by atoms with Crippen LogP contribution in [0.4, 0.5) is 0 Å². The van der Waals surface area contributed by atoms with Gasteiger partial charge in [0.15, 0.2) is 5.75 Å². The van der Waals surface area contributed by atoms with Crippen LogP contribution in [-0.4, -0.2) is 21.5 Å². The molecular formula is C12H8Cl4N2O3. The second-order valence-electron chi connectivity index (χ2n) is 3.41. The molecule has 9 heteroatoms. The number of carbonyl (C=O) groups excluding carboxylic acids is 1. The summed E-state index contributed by atoms with van der Waals surface area (Å²) >= 11 is 22.2. The quantitative estimate of drug-likeness (QED) is 0.657. The first-order chi connectivity index (χ1) is 9.97. The first kappa shape index (κ1) is 17.9. The van der Waals surface area contributed by atoms with E-state index in [0.717, 1.165) is 0 Å². The molecule has 2 aromatic heterocycles. The van der Waals surface area contributed by atoms with Gasteiger partial charge in [0.1, 0.15) is 15.3 Å². The van der Waals surface area contributed by atoms with Gasteiger partial charge in [-0.15, -0.1) is 0 Å². The summed E-state index contributed by atoms with van der Waals surface area (Å²) in [6.45, 7) is 0.165. The van der Waals surface area contributed by atoms with Crippen LogP contribution in [0.3, 0.4) is 0 Å². The molecule has 0 fully saturated rings. The average Bonchev–Trinajstić information content (AvgIpc) is 2.46. The third-order valence-corrected chi connectivity index (χ3v) is 3.07. The number of aliphatic hydroxyl groups excluding tert-OH is 1. The van der Waals surface area contributed by atoms with Crippen molar-refractivity contribution >= 4 is 52.9 Å². The van der Waals surface area contributed by atoms with Gasteiger partial charge >= 0.3 is 0 Å². The molecule has 5 nitrogen and oxygen atoms in total. The van der Waals surface area contributed by atoms with Crippen molar-refractivity contribution in [2.75, 3.05) is 0 Å². The highest BCUT2D eigenvalue weighted by Crippen LogP contribution is 2.24. The molecule has 0 aliphatic carbocycles. The molecule has 0 aliphatic rings. The van der Waals surface area contributed by atoms with E-state index in [1.54, 1.807) is 0 Å². The zero-order valence-corrected chi connectivity index (χ0v) is 13.3. The Balaban J connectivity index is 0.000000211. The molecule has 2 rings (SSSR count). The van der Waals surface area contributed by atoms with Gasteiger partial charge in [0, 0.05) is 17.8 Å². The number of nitrogens with zero attached hydrogens (tertiary/aromatic N) is 2. The number of hydrogen-bond acceptors (Lipinski definition) is 5. The zero-order valence-electron chi connectivity index (χ0n) is 10.3. The van der Waals surface area contributed by atoms with Crippen molar-refractivity contribution in [1.82, 2.24) is 9.97 Å². The lowest BCUT2D eigenvalue weighted by atomic mass is 10.3. The summed E-state index contributed by atoms with van der Waals surface area (Å²) in [7, 11) is 0. The molecule has 0 aliphatic heterocycles. The number of pyridine rings is 2. The maximum Gasteiger partial charge on any atom is 0.298 e. The highest BCUT2D eigenvalue weighted by molar-refractivity contribution is 6.33. The van der Waals surface area contributed by atoms with E-state index in [9.17, 15) is 4.79 Å². The van der Waals surface area contributed by atoms with E-state index in [-0.39, 0.29) is 29.0 Å². The fourth-order valence-electron chi connectivity index (χ4n) is 1.11. The molecule has 0 spiro atoms. The van der Waals surface area contributed by atoms with Crippen molar-refractivity contribution in [1.29, 1.82) is 0 Å². The smallest absolute Gasteiger partial charge is 0.298 e. The van der Waals surface area contributed by atoms with E-state index in [2.05, 4.69) is 14.7 Å². The molecule has 21 heavy (non-hydrogen) atoms. The lowest BCUT2D eigenvalue weighted by Crippen LogP contribution is -1.89. The summed E-state index contributed by atoms with van der Waals surface area (Å²) in [5.41, 5.74) is 0.599. The van der Waals surface area contributed by atoms with E-state index in [1.165, 1.54) is 24.5 Å². The van der Waals surface area contributed by atoms with Crippen LogP contribution in [0.2, 0.25) is 20.4 Å². The lowest BCUT2D eigenvalue weighted by Gasteiger charge is -1.98. The van der Waals surface area contributed by atoms with Gasteiger partial charge in [0.05, 0.1) is 17.8 Å². The van der Waals surface area contributed by atoms with Crippen molar-refractivity contribution in [2.45, 2.75) is 6.61 Å². The van der Waals surface area contributed by atoms with Crippen LogP contribution in [0.5, 0.6) is 5.75 Å². The summed E-state index contributed by atoms with van der Waals surface area (Å²) in [6.07, 6.45) is 2.72. The van der Waals surface area contributed by atoms with Gasteiger partial charge in [-0.05, 0) is 6.07 Å². The van der Waals surface area contributed by atoms with Crippen LogP contribution in [-0.2, 0) is 11.4 Å². The van der Waals surface area contributed by atoms with Crippen LogP contribution in [0, 0.1) is 0 Å². The van der Waals surface area contributed by atoms with Gasteiger partial charge in [0.25, 0.3) is 6.47 Å². The standard InChI is InChI=1S/C6H3Cl2NO2.C6H5Cl2NO/c7-4-2-9-6(8)1-5(4)11-3-10;7-5-2-9-6(8)1-4(5)3-10/h1-3H;1-2,10H,3H2. The molecule has 0 radical (unpaired) electrons. The van der Waals surface area contributed by atoms with Gasteiger partial charge in [-0.25, -0.2) is 9.97 Å².